The summed E-state index contributed by atoms with van der Waals surface area (Å²) in [6.07, 6.45) is 0.298. The van der Waals surface area contributed by atoms with Crippen molar-refractivity contribution < 1.29 is 19.1 Å². The lowest BCUT2D eigenvalue weighted by Gasteiger charge is -2.10. The summed E-state index contributed by atoms with van der Waals surface area (Å²) in [5, 5.41) is 0.927. The molecule has 1 amide bonds. The Labute approximate surface area is 198 Å². The number of ether oxygens (including phenoxy) is 2. The number of carbonyl (C=O) groups excluding carboxylic acids is 2. The van der Waals surface area contributed by atoms with E-state index in [-0.39, 0.29) is 37.9 Å². The molecule has 0 aliphatic carbocycles. The highest BCUT2D eigenvalue weighted by Gasteiger charge is 2.17. The van der Waals surface area contributed by atoms with Crippen LogP contribution < -0.4 is 10.5 Å². The van der Waals surface area contributed by atoms with Crippen LogP contribution in [0.1, 0.15) is 28.8 Å². The molecule has 4 aromatic rings. The number of aromatic nitrogens is 1. The molecule has 3 aromatic carbocycles. The SMILES string of the molecule is Cc1c(CC(N)=O)c2cc(OCCC(=O)OCc3ccccc3)ccc2n1Cc1ccccc1. The molecule has 174 valence electrons. The highest BCUT2D eigenvalue weighted by atomic mass is 16.5. The van der Waals surface area contributed by atoms with E-state index < -0.39 is 0 Å². The van der Waals surface area contributed by atoms with Gasteiger partial charge in [-0.15, -0.1) is 0 Å². The Morgan fingerprint density at radius 3 is 2.26 bits per heavy atom. The molecule has 0 spiro atoms. The van der Waals surface area contributed by atoms with Crippen LogP contribution in [0.15, 0.2) is 78.9 Å². The number of nitrogens with zero attached hydrogens (tertiary/aromatic N) is 1. The van der Waals surface area contributed by atoms with Gasteiger partial charge in [0.15, 0.2) is 0 Å². The van der Waals surface area contributed by atoms with Crippen molar-refractivity contribution in [3.63, 3.8) is 0 Å². The fourth-order valence-electron chi connectivity index (χ4n) is 4.05. The number of esters is 1. The van der Waals surface area contributed by atoms with E-state index in [1.807, 2.05) is 73.7 Å². The van der Waals surface area contributed by atoms with Crippen molar-refractivity contribution >= 4 is 22.8 Å². The van der Waals surface area contributed by atoms with Crippen molar-refractivity contribution in [1.82, 2.24) is 4.57 Å². The van der Waals surface area contributed by atoms with Crippen molar-refractivity contribution in [3.8, 4) is 5.75 Å². The molecule has 0 atom stereocenters. The molecule has 1 aromatic heterocycles. The zero-order valence-electron chi connectivity index (χ0n) is 19.2. The van der Waals surface area contributed by atoms with Gasteiger partial charge in [-0.2, -0.15) is 0 Å². The maximum atomic E-state index is 12.1. The second-order valence-electron chi connectivity index (χ2n) is 8.20. The van der Waals surface area contributed by atoms with Gasteiger partial charge in [0.1, 0.15) is 12.4 Å². The fourth-order valence-corrected chi connectivity index (χ4v) is 4.05. The number of carbonyl (C=O) groups is 2. The molecule has 0 saturated heterocycles. The van der Waals surface area contributed by atoms with Crippen molar-refractivity contribution in [3.05, 3.63) is 101 Å². The van der Waals surface area contributed by atoms with Gasteiger partial charge < -0.3 is 19.8 Å². The van der Waals surface area contributed by atoms with Gasteiger partial charge in [-0.3, -0.25) is 9.59 Å². The van der Waals surface area contributed by atoms with Gasteiger partial charge in [0.2, 0.25) is 5.91 Å². The van der Waals surface area contributed by atoms with Gasteiger partial charge in [-0.25, -0.2) is 0 Å². The molecule has 0 aliphatic heterocycles. The fraction of sp³-hybridized carbons (Fsp3) is 0.214. The number of hydrogen-bond donors (Lipinski definition) is 1. The smallest absolute Gasteiger partial charge is 0.309 e. The lowest BCUT2D eigenvalue weighted by atomic mass is 10.1. The molecule has 0 unspecified atom stereocenters. The van der Waals surface area contributed by atoms with Crippen LogP contribution in [0, 0.1) is 6.92 Å². The third-order valence-corrected chi connectivity index (χ3v) is 5.78. The van der Waals surface area contributed by atoms with E-state index in [1.54, 1.807) is 0 Å². The van der Waals surface area contributed by atoms with Gasteiger partial charge in [-0.1, -0.05) is 60.7 Å². The molecule has 0 saturated carbocycles. The molecule has 0 fully saturated rings. The summed E-state index contributed by atoms with van der Waals surface area (Å²) in [6, 6.07) is 25.5. The highest BCUT2D eigenvalue weighted by Crippen LogP contribution is 2.30. The number of fused-ring (bicyclic) bond motifs is 1. The van der Waals surface area contributed by atoms with Gasteiger partial charge in [0, 0.05) is 23.1 Å². The van der Waals surface area contributed by atoms with Gasteiger partial charge in [0.05, 0.1) is 19.4 Å². The Hall–Kier alpha value is -4.06. The third kappa shape index (κ3) is 5.64. The molecule has 0 bridgehead atoms. The highest BCUT2D eigenvalue weighted by molar-refractivity contribution is 5.91. The number of hydrogen-bond acceptors (Lipinski definition) is 4. The molecule has 0 radical (unpaired) electrons. The third-order valence-electron chi connectivity index (χ3n) is 5.78. The summed E-state index contributed by atoms with van der Waals surface area (Å²) < 4.78 is 13.3. The molecule has 2 N–H and O–H groups in total. The Bertz CT molecular complexity index is 1280. The average Bonchev–Trinajstić information content (AvgIpc) is 3.09. The molecule has 4 rings (SSSR count). The van der Waals surface area contributed by atoms with Crippen LogP contribution in [-0.2, 0) is 33.9 Å². The minimum Gasteiger partial charge on any atom is -0.493 e. The first-order valence-corrected chi connectivity index (χ1v) is 11.3. The zero-order valence-corrected chi connectivity index (χ0v) is 19.2. The number of rotatable bonds is 10. The second-order valence-corrected chi connectivity index (χ2v) is 8.20. The monoisotopic (exact) mass is 456 g/mol. The normalized spacial score (nSPS) is 10.9. The van der Waals surface area contributed by atoms with Crippen LogP contribution in [0.5, 0.6) is 5.75 Å². The van der Waals surface area contributed by atoms with E-state index in [1.165, 1.54) is 5.56 Å². The molecule has 0 aliphatic rings. The van der Waals surface area contributed by atoms with Crippen molar-refractivity contribution in [2.24, 2.45) is 5.73 Å². The Morgan fingerprint density at radius 2 is 1.59 bits per heavy atom. The summed E-state index contributed by atoms with van der Waals surface area (Å²) in [5.74, 6) is -0.0653. The van der Waals surface area contributed by atoms with Gasteiger partial charge >= 0.3 is 5.97 Å². The molecule has 6 nitrogen and oxygen atoms in total. The molecular weight excluding hydrogens is 428 g/mol. The molecule has 34 heavy (non-hydrogen) atoms. The van der Waals surface area contributed by atoms with Crippen LogP contribution in [-0.4, -0.2) is 23.1 Å². The average molecular weight is 457 g/mol. The van der Waals surface area contributed by atoms with E-state index in [9.17, 15) is 9.59 Å². The summed E-state index contributed by atoms with van der Waals surface area (Å²) in [4.78, 5) is 23.8. The maximum Gasteiger partial charge on any atom is 0.309 e. The summed E-state index contributed by atoms with van der Waals surface area (Å²) in [6.45, 7) is 3.14. The number of nitrogens with two attached hydrogens (primary N) is 1. The first-order chi connectivity index (χ1) is 16.5. The van der Waals surface area contributed by atoms with Crippen molar-refractivity contribution in [1.29, 1.82) is 0 Å². The van der Waals surface area contributed by atoms with Crippen LogP contribution >= 0.6 is 0 Å². The van der Waals surface area contributed by atoms with E-state index in [0.29, 0.717) is 12.3 Å². The standard InChI is InChI=1S/C28H28N2O4/c1-20-24(17-27(29)31)25-16-23(12-13-26(25)30(20)18-21-8-4-2-5-9-21)33-15-14-28(32)34-19-22-10-6-3-7-11-22/h2-13,16H,14-15,17-19H2,1H3,(H2,29,31). The van der Waals surface area contributed by atoms with E-state index in [0.717, 1.165) is 27.7 Å². The predicted octanol–water partition coefficient (Wildman–Crippen LogP) is 4.54. The van der Waals surface area contributed by atoms with Crippen LogP contribution in [0.25, 0.3) is 10.9 Å². The minimum atomic E-state index is -0.380. The number of amides is 1. The Kier molecular flexibility index (Phi) is 7.28. The summed E-state index contributed by atoms with van der Waals surface area (Å²) in [7, 11) is 0. The van der Waals surface area contributed by atoms with Crippen molar-refractivity contribution in [2.75, 3.05) is 6.61 Å². The number of primary amides is 1. The van der Waals surface area contributed by atoms with Crippen LogP contribution in [0.4, 0.5) is 0 Å². The first kappa shape index (κ1) is 23.1. The van der Waals surface area contributed by atoms with Gasteiger partial charge in [0.25, 0.3) is 0 Å². The number of benzene rings is 3. The summed E-state index contributed by atoms with van der Waals surface area (Å²) in [5.41, 5.74) is 10.6. The molecular formula is C28H28N2O4. The lowest BCUT2D eigenvalue weighted by molar-refractivity contribution is -0.145. The summed E-state index contributed by atoms with van der Waals surface area (Å²) >= 11 is 0. The zero-order chi connectivity index (χ0) is 23.9. The minimum absolute atomic E-state index is 0.146. The van der Waals surface area contributed by atoms with E-state index >= 15 is 0 Å². The molecule has 1 heterocycles. The van der Waals surface area contributed by atoms with E-state index in [4.69, 9.17) is 15.2 Å². The first-order valence-electron chi connectivity index (χ1n) is 11.3. The maximum absolute atomic E-state index is 12.1. The molecule has 6 heteroatoms. The Balaban J connectivity index is 1.46. The van der Waals surface area contributed by atoms with Crippen molar-refractivity contribution in [2.45, 2.75) is 32.9 Å². The van der Waals surface area contributed by atoms with Crippen LogP contribution in [0.2, 0.25) is 0 Å². The van der Waals surface area contributed by atoms with Crippen LogP contribution in [0.3, 0.4) is 0 Å². The lowest BCUT2D eigenvalue weighted by Crippen LogP contribution is -2.14. The largest absolute Gasteiger partial charge is 0.493 e. The quantitative estimate of drug-likeness (QED) is 0.355. The van der Waals surface area contributed by atoms with Gasteiger partial charge in [-0.05, 0) is 41.8 Å². The second kappa shape index (κ2) is 10.7. The Morgan fingerprint density at radius 1 is 0.912 bits per heavy atom. The predicted molar refractivity (Wildman–Crippen MR) is 131 cm³/mol. The topological polar surface area (TPSA) is 83.6 Å². The van der Waals surface area contributed by atoms with E-state index in [2.05, 4.69) is 16.7 Å².